The van der Waals surface area contributed by atoms with Crippen LogP contribution in [0.25, 0.3) is 0 Å². The highest BCUT2D eigenvalue weighted by Gasteiger charge is 2.29. The van der Waals surface area contributed by atoms with Crippen molar-refractivity contribution in [1.82, 2.24) is 0 Å². The maximum absolute atomic E-state index is 11.6. The summed E-state index contributed by atoms with van der Waals surface area (Å²) in [4.78, 5) is 16.1. The standard InChI is InChI=1S/C22H22N2O/c1-22(17-25)13-18(15-23-20-8-4-2-5-9-20)12-19(14-22)16-24-21-10-6-3-7-11-21/h2-12,15-17,23H,13-14H2,1H3/b18-15-,24-16?. The van der Waals surface area contributed by atoms with Crippen LogP contribution in [0.1, 0.15) is 19.8 Å². The van der Waals surface area contributed by atoms with Gasteiger partial charge in [0.25, 0.3) is 0 Å². The van der Waals surface area contributed by atoms with Gasteiger partial charge in [0.15, 0.2) is 0 Å². The fourth-order valence-corrected chi connectivity index (χ4v) is 2.98. The Morgan fingerprint density at radius 2 is 1.68 bits per heavy atom. The largest absolute Gasteiger partial charge is 0.361 e. The zero-order chi connectivity index (χ0) is 17.5. The number of hydrogen-bond acceptors (Lipinski definition) is 3. The maximum atomic E-state index is 11.6. The van der Waals surface area contributed by atoms with Crippen molar-refractivity contribution in [3.05, 3.63) is 84.1 Å². The van der Waals surface area contributed by atoms with Crippen LogP contribution in [-0.2, 0) is 4.79 Å². The van der Waals surface area contributed by atoms with E-state index in [0.717, 1.165) is 35.2 Å². The summed E-state index contributed by atoms with van der Waals surface area (Å²) >= 11 is 0. The molecule has 0 saturated carbocycles. The molecule has 0 spiro atoms. The van der Waals surface area contributed by atoms with Crippen LogP contribution in [0.4, 0.5) is 11.4 Å². The Kier molecular flexibility index (Phi) is 5.24. The number of allylic oxidation sites excluding steroid dienone is 3. The minimum atomic E-state index is -0.392. The number of aldehydes is 1. The van der Waals surface area contributed by atoms with Gasteiger partial charge in [-0.15, -0.1) is 0 Å². The summed E-state index contributed by atoms with van der Waals surface area (Å²) in [5.74, 6) is 0. The zero-order valence-electron chi connectivity index (χ0n) is 14.4. The number of para-hydroxylation sites is 2. The van der Waals surface area contributed by atoms with E-state index in [2.05, 4.69) is 16.4 Å². The smallest absolute Gasteiger partial charge is 0.126 e. The molecule has 1 unspecified atom stereocenters. The van der Waals surface area contributed by atoms with Crippen molar-refractivity contribution in [3.63, 3.8) is 0 Å². The quantitative estimate of drug-likeness (QED) is 0.596. The first-order valence-corrected chi connectivity index (χ1v) is 8.44. The van der Waals surface area contributed by atoms with Crippen LogP contribution in [0.2, 0.25) is 0 Å². The molecule has 0 saturated heterocycles. The van der Waals surface area contributed by atoms with Gasteiger partial charge in [-0.25, -0.2) is 0 Å². The number of nitrogens with one attached hydrogen (secondary N) is 1. The van der Waals surface area contributed by atoms with Crippen LogP contribution < -0.4 is 5.32 Å². The van der Waals surface area contributed by atoms with Crippen molar-refractivity contribution >= 4 is 23.9 Å². The summed E-state index contributed by atoms with van der Waals surface area (Å²) in [6.07, 6.45) is 8.45. The van der Waals surface area contributed by atoms with E-state index in [1.807, 2.05) is 80.0 Å². The van der Waals surface area contributed by atoms with Gasteiger partial charge in [0.2, 0.25) is 0 Å². The Hall–Kier alpha value is -2.94. The molecule has 3 nitrogen and oxygen atoms in total. The molecular formula is C22H22N2O. The molecule has 0 bridgehead atoms. The second-order valence-corrected chi connectivity index (χ2v) is 6.67. The van der Waals surface area contributed by atoms with Crippen molar-refractivity contribution in [3.8, 4) is 0 Å². The molecule has 3 heteroatoms. The van der Waals surface area contributed by atoms with E-state index in [0.29, 0.717) is 6.42 Å². The summed E-state index contributed by atoms with van der Waals surface area (Å²) in [7, 11) is 0. The molecule has 3 rings (SSSR count). The summed E-state index contributed by atoms with van der Waals surface area (Å²) in [5.41, 5.74) is 3.71. The van der Waals surface area contributed by atoms with E-state index < -0.39 is 5.41 Å². The number of carbonyl (C=O) groups is 1. The second-order valence-electron chi connectivity index (χ2n) is 6.67. The van der Waals surface area contributed by atoms with E-state index >= 15 is 0 Å². The monoisotopic (exact) mass is 330 g/mol. The van der Waals surface area contributed by atoms with Crippen LogP contribution in [0.15, 0.2) is 89.1 Å². The normalized spacial score (nSPS) is 22.0. The van der Waals surface area contributed by atoms with Gasteiger partial charge in [0.1, 0.15) is 6.29 Å². The van der Waals surface area contributed by atoms with Crippen molar-refractivity contribution in [2.75, 3.05) is 5.32 Å². The van der Waals surface area contributed by atoms with Gasteiger partial charge < -0.3 is 10.1 Å². The van der Waals surface area contributed by atoms with Gasteiger partial charge in [-0.2, -0.15) is 0 Å². The predicted octanol–water partition coefficient (Wildman–Crippen LogP) is 5.31. The van der Waals surface area contributed by atoms with Gasteiger partial charge in [-0.3, -0.25) is 4.99 Å². The number of rotatable bonds is 5. The molecule has 0 amide bonds. The Morgan fingerprint density at radius 1 is 1.00 bits per heavy atom. The lowest BCUT2D eigenvalue weighted by Gasteiger charge is -2.28. The first-order chi connectivity index (χ1) is 12.2. The SMILES string of the molecule is CC1(C=O)CC(C=Nc2ccccc2)=C/C(=C/Nc2ccccc2)C1. The van der Waals surface area contributed by atoms with E-state index in [1.54, 1.807) is 0 Å². The number of nitrogens with zero attached hydrogens (tertiary/aromatic N) is 1. The third-order valence-corrected chi connectivity index (χ3v) is 4.20. The minimum absolute atomic E-state index is 0.392. The fourth-order valence-electron chi connectivity index (χ4n) is 2.98. The van der Waals surface area contributed by atoms with Crippen molar-refractivity contribution in [2.45, 2.75) is 19.8 Å². The van der Waals surface area contributed by atoms with E-state index in [1.165, 1.54) is 0 Å². The molecule has 25 heavy (non-hydrogen) atoms. The predicted molar refractivity (Wildman–Crippen MR) is 104 cm³/mol. The molecule has 2 aromatic carbocycles. The van der Waals surface area contributed by atoms with Crippen LogP contribution in [0.3, 0.4) is 0 Å². The summed E-state index contributed by atoms with van der Waals surface area (Å²) in [5, 5.41) is 3.30. The number of hydrogen-bond donors (Lipinski definition) is 1. The van der Waals surface area contributed by atoms with Gasteiger partial charge in [-0.1, -0.05) is 49.4 Å². The molecule has 1 atom stereocenters. The first-order valence-electron chi connectivity index (χ1n) is 8.44. The highest BCUT2D eigenvalue weighted by molar-refractivity contribution is 5.84. The first kappa shape index (κ1) is 16.9. The minimum Gasteiger partial charge on any atom is -0.361 e. The average Bonchev–Trinajstić information content (AvgIpc) is 2.66. The van der Waals surface area contributed by atoms with E-state index in [-0.39, 0.29) is 0 Å². The summed E-state index contributed by atoms with van der Waals surface area (Å²) < 4.78 is 0. The Bertz CT molecular complexity index is 806. The summed E-state index contributed by atoms with van der Waals surface area (Å²) in [6, 6.07) is 19.8. The number of benzene rings is 2. The van der Waals surface area contributed by atoms with Crippen LogP contribution in [-0.4, -0.2) is 12.5 Å². The number of carbonyl (C=O) groups excluding carboxylic acids is 1. The molecule has 1 N–H and O–H groups in total. The van der Waals surface area contributed by atoms with Crippen molar-refractivity contribution in [1.29, 1.82) is 0 Å². The van der Waals surface area contributed by atoms with Gasteiger partial charge in [0.05, 0.1) is 5.69 Å². The topological polar surface area (TPSA) is 41.5 Å². The number of aliphatic imine (C=N–C) groups is 1. The Morgan fingerprint density at radius 3 is 2.36 bits per heavy atom. The Labute approximate surface area is 148 Å². The third-order valence-electron chi connectivity index (χ3n) is 4.20. The molecular weight excluding hydrogens is 308 g/mol. The second kappa shape index (κ2) is 7.75. The molecule has 0 aromatic heterocycles. The molecule has 1 aliphatic carbocycles. The van der Waals surface area contributed by atoms with E-state index in [4.69, 9.17) is 0 Å². The van der Waals surface area contributed by atoms with Crippen molar-refractivity contribution in [2.24, 2.45) is 10.4 Å². The molecule has 0 aliphatic heterocycles. The molecule has 0 heterocycles. The van der Waals surface area contributed by atoms with Gasteiger partial charge in [0, 0.05) is 23.5 Å². The maximum Gasteiger partial charge on any atom is 0.126 e. The van der Waals surface area contributed by atoms with Crippen LogP contribution in [0.5, 0.6) is 0 Å². The summed E-state index contributed by atoms with van der Waals surface area (Å²) in [6.45, 7) is 2.00. The highest BCUT2D eigenvalue weighted by atomic mass is 16.1. The van der Waals surface area contributed by atoms with Gasteiger partial charge in [-0.05, 0) is 48.3 Å². The number of anilines is 1. The third kappa shape index (κ3) is 4.77. The van der Waals surface area contributed by atoms with E-state index in [9.17, 15) is 4.79 Å². The van der Waals surface area contributed by atoms with Crippen LogP contribution in [0, 0.1) is 5.41 Å². The lowest BCUT2D eigenvalue weighted by molar-refractivity contribution is -0.115. The molecule has 0 fully saturated rings. The fraction of sp³-hybridized carbons (Fsp3) is 0.182. The van der Waals surface area contributed by atoms with Crippen LogP contribution >= 0.6 is 0 Å². The Balaban J connectivity index is 1.81. The lowest BCUT2D eigenvalue weighted by Crippen LogP contribution is -2.23. The molecule has 126 valence electrons. The molecule has 2 aromatic rings. The van der Waals surface area contributed by atoms with Gasteiger partial charge >= 0.3 is 0 Å². The lowest BCUT2D eigenvalue weighted by atomic mass is 9.75. The highest BCUT2D eigenvalue weighted by Crippen LogP contribution is 2.36. The average molecular weight is 330 g/mol. The molecule has 0 radical (unpaired) electrons. The van der Waals surface area contributed by atoms with Crippen molar-refractivity contribution < 1.29 is 4.79 Å². The molecule has 1 aliphatic rings. The zero-order valence-corrected chi connectivity index (χ0v) is 14.4.